The fraction of sp³-hybridized carbons (Fsp3) is 0.400. The number of thiazole rings is 1. The van der Waals surface area contributed by atoms with Gasteiger partial charge in [0, 0.05) is 17.2 Å². The van der Waals surface area contributed by atoms with Crippen LogP contribution < -0.4 is 14.3 Å². The first-order valence-corrected chi connectivity index (χ1v) is 9.44. The highest BCUT2D eigenvalue weighted by atomic mass is 32.1. The molecule has 0 bridgehead atoms. The summed E-state index contributed by atoms with van der Waals surface area (Å²) in [7, 11) is 3.32. The molecule has 1 aromatic carbocycles. The van der Waals surface area contributed by atoms with E-state index in [1.165, 1.54) is 0 Å². The molecule has 6 heteroatoms. The second kappa shape index (κ2) is 9.38. The lowest BCUT2D eigenvalue weighted by Gasteiger charge is -2.11. The molecule has 0 unspecified atom stereocenters. The van der Waals surface area contributed by atoms with Crippen molar-refractivity contribution in [2.75, 3.05) is 20.8 Å². The standard InChI is InChI=1S/C20H27N3O2S/c1-14(2)9-10-22-23-18(13-26-20(23)21-12-15(3)4)17-11-16(24-5)7-8-19(17)25-6/h7-8,10-11,13-14H,3,9,12H2,1-2,4-6H3. The van der Waals surface area contributed by atoms with Crippen LogP contribution in [0.2, 0.25) is 0 Å². The maximum Gasteiger partial charge on any atom is 0.206 e. The van der Waals surface area contributed by atoms with E-state index in [4.69, 9.17) is 9.47 Å². The van der Waals surface area contributed by atoms with Crippen LogP contribution in [0.3, 0.4) is 0 Å². The lowest BCUT2D eigenvalue weighted by molar-refractivity contribution is 0.404. The fourth-order valence-corrected chi connectivity index (χ4v) is 3.09. The summed E-state index contributed by atoms with van der Waals surface area (Å²) in [4.78, 5) is 5.47. The van der Waals surface area contributed by atoms with E-state index < -0.39 is 0 Å². The van der Waals surface area contributed by atoms with Gasteiger partial charge in [-0.3, -0.25) is 4.99 Å². The van der Waals surface area contributed by atoms with Crippen LogP contribution in [0.4, 0.5) is 0 Å². The van der Waals surface area contributed by atoms with Crippen molar-refractivity contribution in [2.45, 2.75) is 27.2 Å². The summed E-state index contributed by atoms with van der Waals surface area (Å²) < 4.78 is 12.8. The van der Waals surface area contributed by atoms with Gasteiger partial charge in [0.05, 0.1) is 26.5 Å². The highest BCUT2D eigenvalue weighted by Crippen LogP contribution is 2.33. The zero-order valence-electron chi connectivity index (χ0n) is 16.2. The molecule has 2 rings (SSSR count). The Morgan fingerprint density at radius 3 is 2.69 bits per heavy atom. The lowest BCUT2D eigenvalue weighted by atomic mass is 10.1. The van der Waals surface area contributed by atoms with Crippen molar-refractivity contribution < 1.29 is 9.47 Å². The first kappa shape index (κ1) is 20.0. The number of aromatic nitrogens is 1. The molecular formula is C20H27N3O2S. The summed E-state index contributed by atoms with van der Waals surface area (Å²) in [6, 6.07) is 5.74. The van der Waals surface area contributed by atoms with Crippen LogP contribution >= 0.6 is 11.3 Å². The summed E-state index contributed by atoms with van der Waals surface area (Å²) in [5, 5.41) is 6.72. The first-order valence-electron chi connectivity index (χ1n) is 8.56. The Balaban J connectivity index is 2.60. The predicted molar refractivity (Wildman–Crippen MR) is 109 cm³/mol. The summed E-state index contributed by atoms with van der Waals surface area (Å²) in [5.41, 5.74) is 2.85. The summed E-state index contributed by atoms with van der Waals surface area (Å²) in [5.74, 6) is 2.08. The van der Waals surface area contributed by atoms with Gasteiger partial charge in [-0.15, -0.1) is 11.3 Å². The molecule has 0 amide bonds. The fourth-order valence-electron chi connectivity index (χ4n) is 2.26. The summed E-state index contributed by atoms with van der Waals surface area (Å²) >= 11 is 1.55. The van der Waals surface area contributed by atoms with Gasteiger partial charge in [-0.2, -0.15) is 5.10 Å². The molecule has 1 aromatic heterocycles. The first-order chi connectivity index (χ1) is 12.5. The third kappa shape index (κ3) is 5.08. The molecule has 1 heterocycles. The van der Waals surface area contributed by atoms with Crippen LogP contribution in [0.15, 0.2) is 45.8 Å². The van der Waals surface area contributed by atoms with Crippen molar-refractivity contribution in [3.63, 3.8) is 0 Å². The quantitative estimate of drug-likeness (QED) is 0.502. The summed E-state index contributed by atoms with van der Waals surface area (Å²) in [6.45, 7) is 10.8. The third-order valence-corrected chi connectivity index (χ3v) is 4.48. The van der Waals surface area contributed by atoms with Gasteiger partial charge in [-0.05, 0) is 37.5 Å². The largest absolute Gasteiger partial charge is 0.497 e. The molecule has 0 saturated carbocycles. The minimum absolute atomic E-state index is 0.545. The molecule has 0 aliphatic carbocycles. The van der Waals surface area contributed by atoms with Crippen molar-refractivity contribution in [3.05, 3.63) is 40.5 Å². The summed E-state index contributed by atoms with van der Waals surface area (Å²) in [6.07, 6.45) is 2.84. The number of benzene rings is 1. The Hall–Kier alpha value is -2.34. The molecule has 0 aliphatic rings. The van der Waals surface area contributed by atoms with Crippen molar-refractivity contribution in [3.8, 4) is 22.8 Å². The predicted octanol–water partition coefficient (Wildman–Crippen LogP) is 4.59. The van der Waals surface area contributed by atoms with Crippen molar-refractivity contribution >= 4 is 17.6 Å². The van der Waals surface area contributed by atoms with E-state index in [0.29, 0.717) is 12.5 Å². The highest BCUT2D eigenvalue weighted by Gasteiger charge is 2.14. The van der Waals surface area contributed by atoms with Gasteiger partial charge < -0.3 is 9.47 Å². The van der Waals surface area contributed by atoms with Gasteiger partial charge in [0.1, 0.15) is 11.5 Å². The molecule has 0 radical (unpaired) electrons. The number of nitrogens with zero attached hydrogens (tertiary/aromatic N) is 3. The Morgan fingerprint density at radius 2 is 2.08 bits per heavy atom. The normalized spacial score (nSPS) is 12.2. The van der Waals surface area contributed by atoms with Crippen LogP contribution in [0.1, 0.15) is 27.2 Å². The zero-order valence-corrected chi connectivity index (χ0v) is 17.0. The van der Waals surface area contributed by atoms with Crippen LogP contribution in [0.25, 0.3) is 11.3 Å². The third-order valence-electron chi connectivity index (χ3n) is 3.63. The Morgan fingerprint density at radius 1 is 1.31 bits per heavy atom. The number of hydrogen-bond acceptors (Lipinski definition) is 5. The van der Waals surface area contributed by atoms with E-state index in [2.05, 4.69) is 30.5 Å². The van der Waals surface area contributed by atoms with Crippen molar-refractivity contribution in [1.82, 2.24) is 4.68 Å². The number of ether oxygens (including phenoxy) is 2. The lowest BCUT2D eigenvalue weighted by Crippen LogP contribution is -2.13. The molecule has 140 valence electrons. The molecule has 0 atom stereocenters. The van der Waals surface area contributed by atoms with Crippen LogP contribution in [0, 0.1) is 5.92 Å². The minimum atomic E-state index is 0.545. The van der Waals surface area contributed by atoms with Gasteiger partial charge in [-0.1, -0.05) is 26.0 Å². The number of methoxy groups -OCH3 is 2. The second-order valence-electron chi connectivity index (χ2n) is 6.48. The van der Waals surface area contributed by atoms with E-state index in [9.17, 15) is 0 Å². The van der Waals surface area contributed by atoms with E-state index >= 15 is 0 Å². The Labute approximate surface area is 159 Å². The average Bonchev–Trinajstić information content (AvgIpc) is 3.01. The second-order valence-corrected chi connectivity index (χ2v) is 7.32. The monoisotopic (exact) mass is 373 g/mol. The SMILES string of the molecule is C=C(C)CN=c1scc(-c2cc(OC)ccc2OC)n1N=CCC(C)C. The average molecular weight is 374 g/mol. The molecule has 0 fully saturated rings. The van der Waals surface area contributed by atoms with Gasteiger partial charge in [0.2, 0.25) is 4.80 Å². The highest BCUT2D eigenvalue weighted by molar-refractivity contribution is 7.07. The van der Waals surface area contributed by atoms with Crippen molar-refractivity contribution in [2.24, 2.45) is 16.0 Å². The zero-order chi connectivity index (χ0) is 19.1. The van der Waals surface area contributed by atoms with E-state index in [1.54, 1.807) is 25.6 Å². The minimum Gasteiger partial charge on any atom is -0.497 e. The Kier molecular flexibility index (Phi) is 7.21. The van der Waals surface area contributed by atoms with E-state index in [-0.39, 0.29) is 0 Å². The van der Waals surface area contributed by atoms with Gasteiger partial charge in [0.15, 0.2) is 0 Å². The van der Waals surface area contributed by atoms with Crippen LogP contribution in [0.5, 0.6) is 11.5 Å². The molecule has 2 aromatic rings. The molecule has 0 N–H and O–H groups in total. The maximum atomic E-state index is 5.54. The maximum absolute atomic E-state index is 5.54. The van der Waals surface area contributed by atoms with Gasteiger partial charge in [0.25, 0.3) is 0 Å². The molecular weight excluding hydrogens is 346 g/mol. The molecule has 26 heavy (non-hydrogen) atoms. The molecule has 0 spiro atoms. The number of rotatable bonds is 8. The van der Waals surface area contributed by atoms with Crippen LogP contribution in [-0.4, -0.2) is 31.7 Å². The van der Waals surface area contributed by atoms with Crippen LogP contribution in [-0.2, 0) is 0 Å². The molecule has 5 nitrogen and oxygen atoms in total. The van der Waals surface area contributed by atoms with Gasteiger partial charge >= 0.3 is 0 Å². The Bertz CT molecular complexity index is 847. The van der Waals surface area contributed by atoms with E-state index in [0.717, 1.165) is 39.6 Å². The van der Waals surface area contributed by atoms with Gasteiger partial charge in [-0.25, -0.2) is 4.68 Å². The number of hydrogen-bond donors (Lipinski definition) is 0. The van der Waals surface area contributed by atoms with E-state index in [1.807, 2.05) is 41.4 Å². The molecule has 0 aliphatic heterocycles. The smallest absolute Gasteiger partial charge is 0.206 e. The topological polar surface area (TPSA) is 48.1 Å². The van der Waals surface area contributed by atoms with Crippen molar-refractivity contribution in [1.29, 1.82) is 0 Å². The molecule has 0 saturated heterocycles.